The first-order valence-corrected chi connectivity index (χ1v) is 13.8. The standard InChI is InChI=1S/C28H25N3O3S2/c1-4-14-31-25-17-19(2)16-20(3)26(25)35-28(31)29-27(32)22-9-11-24(12-10-22)36(33,34)30-15-13-21-7-5-6-8-23(21)18-30/h1,5-12,16-17H,13-15,18H2,2-3H3. The van der Waals surface area contributed by atoms with Gasteiger partial charge in [-0.1, -0.05) is 47.6 Å². The van der Waals surface area contributed by atoms with Crippen molar-refractivity contribution in [1.29, 1.82) is 0 Å². The highest BCUT2D eigenvalue weighted by atomic mass is 32.2. The van der Waals surface area contributed by atoms with Gasteiger partial charge in [0.1, 0.15) is 0 Å². The largest absolute Gasteiger partial charge is 0.305 e. The zero-order valence-electron chi connectivity index (χ0n) is 20.1. The van der Waals surface area contributed by atoms with Crippen molar-refractivity contribution in [3.05, 3.63) is 93.3 Å². The number of nitrogens with zero attached hydrogens (tertiary/aromatic N) is 3. The summed E-state index contributed by atoms with van der Waals surface area (Å²) in [6.07, 6.45) is 6.27. The summed E-state index contributed by atoms with van der Waals surface area (Å²) in [6, 6.07) is 18.0. The summed E-state index contributed by atoms with van der Waals surface area (Å²) in [6.45, 7) is 5.11. The van der Waals surface area contributed by atoms with E-state index in [1.165, 1.54) is 45.5 Å². The number of aryl methyl sites for hydroxylation is 2. The van der Waals surface area contributed by atoms with E-state index in [-0.39, 0.29) is 4.90 Å². The van der Waals surface area contributed by atoms with Gasteiger partial charge in [-0.05, 0) is 72.9 Å². The van der Waals surface area contributed by atoms with Gasteiger partial charge in [-0.25, -0.2) is 8.42 Å². The van der Waals surface area contributed by atoms with Crippen LogP contribution in [-0.2, 0) is 29.5 Å². The van der Waals surface area contributed by atoms with Gasteiger partial charge in [0.2, 0.25) is 10.0 Å². The lowest BCUT2D eigenvalue weighted by molar-refractivity contribution is 0.0998. The molecule has 0 saturated carbocycles. The SMILES string of the molecule is C#CCn1c(=NC(=O)c2ccc(S(=O)(=O)N3CCc4ccccc4C3)cc2)sc2c(C)cc(C)cc21. The fourth-order valence-corrected chi connectivity index (χ4v) is 7.08. The van der Waals surface area contributed by atoms with Gasteiger partial charge in [0.25, 0.3) is 5.91 Å². The molecule has 1 aromatic heterocycles. The number of hydrogen-bond donors (Lipinski definition) is 0. The van der Waals surface area contributed by atoms with E-state index in [0.29, 0.717) is 36.4 Å². The van der Waals surface area contributed by atoms with Crippen LogP contribution in [0.5, 0.6) is 0 Å². The van der Waals surface area contributed by atoms with Crippen molar-refractivity contribution in [3.8, 4) is 12.3 Å². The molecule has 0 bridgehead atoms. The molecule has 3 aromatic carbocycles. The molecule has 4 aromatic rings. The molecule has 0 unspecified atom stereocenters. The monoisotopic (exact) mass is 515 g/mol. The molecule has 0 saturated heterocycles. The highest BCUT2D eigenvalue weighted by Gasteiger charge is 2.28. The van der Waals surface area contributed by atoms with E-state index in [4.69, 9.17) is 6.42 Å². The molecule has 1 aliphatic rings. The molecule has 36 heavy (non-hydrogen) atoms. The lowest BCUT2D eigenvalue weighted by atomic mass is 10.0. The molecule has 8 heteroatoms. The molecule has 5 rings (SSSR count). The van der Waals surface area contributed by atoms with Gasteiger partial charge in [0, 0.05) is 18.7 Å². The third-order valence-electron chi connectivity index (χ3n) is 6.40. The highest BCUT2D eigenvalue weighted by Crippen LogP contribution is 2.26. The van der Waals surface area contributed by atoms with Gasteiger partial charge in [0.05, 0.1) is 21.7 Å². The average molecular weight is 516 g/mol. The maximum Gasteiger partial charge on any atom is 0.279 e. The van der Waals surface area contributed by atoms with Crippen LogP contribution in [0.15, 0.2) is 70.6 Å². The second kappa shape index (κ2) is 9.51. The number of hydrogen-bond acceptors (Lipinski definition) is 4. The number of carbonyl (C=O) groups excluding carboxylic acids is 1. The van der Waals surface area contributed by atoms with Gasteiger partial charge in [0.15, 0.2) is 4.80 Å². The lowest BCUT2D eigenvalue weighted by Gasteiger charge is -2.28. The van der Waals surface area contributed by atoms with Crippen LogP contribution in [0.4, 0.5) is 0 Å². The summed E-state index contributed by atoms with van der Waals surface area (Å²) >= 11 is 1.42. The molecule has 2 heterocycles. The quantitative estimate of drug-likeness (QED) is 0.377. The van der Waals surface area contributed by atoms with E-state index in [0.717, 1.165) is 26.9 Å². The number of carbonyl (C=O) groups is 1. The Bertz CT molecular complexity index is 1710. The molecular formula is C28H25N3O3S2. The summed E-state index contributed by atoms with van der Waals surface area (Å²) in [7, 11) is -3.68. The summed E-state index contributed by atoms with van der Waals surface area (Å²) in [5.41, 5.74) is 5.68. The number of benzene rings is 3. The van der Waals surface area contributed by atoms with Gasteiger partial charge >= 0.3 is 0 Å². The third-order valence-corrected chi connectivity index (χ3v) is 9.48. The minimum atomic E-state index is -3.68. The van der Waals surface area contributed by atoms with Crippen molar-refractivity contribution in [2.75, 3.05) is 6.54 Å². The fourth-order valence-electron chi connectivity index (χ4n) is 4.59. The molecular weight excluding hydrogens is 490 g/mol. The summed E-state index contributed by atoms with van der Waals surface area (Å²) < 4.78 is 30.9. The minimum Gasteiger partial charge on any atom is -0.305 e. The molecule has 1 amide bonds. The number of fused-ring (bicyclic) bond motifs is 2. The summed E-state index contributed by atoms with van der Waals surface area (Å²) in [5, 5.41) is 0. The highest BCUT2D eigenvalue weighted by molar-refractivity contribution is 7.89. The van der Waals surface area contributed by atoms with Gasteiger partial charge in [-0.3, -0.25) is 4.79 Å². The van der Waals surface area contributed by atoms with Gasteiger partial charge in [-0.15, -0.1) is 6.42 Å². The predicted molar refractivity (Wildman–Crippen MR) is 142 cm³/mol. The first-order valence-electron chi connectivity index (χ1n) is 11.6. The molecule has 0 fully saturated rings. The van der Waals surface area contributed by atoms with Crippen molar-refractivity contribution in [2.24, 2.45) is 4.99 Å². The normalized spacial score (nSPS) is 14.5. The van der Waals surface area contributed by atoms with Crippen LogP contribution in [0.1, 0.15) is 32.6 Å². The Morgan fingerprint density at radius 2 is 1.81 bits per heavy atom. The number of sulfonamides is 1. The summed E-state index contributed by atoms with van der Waals surface area (Å²) in [5.74, 6) is 2.20. The Balaban J connectivity index is 1.44. The predicted octanol–water partition coefficient (Wildman–Crippen LogP) is 4.44. The van der Waals surface area contributed by atoms with E-state index < -0.39 is 15.9 Å². The average Bonchev–Trinajstić information content (AvgIpc) is 3.21. The molecule has 6 nitrogen and oxygen atoms in total. The van der Waals surface area contributed by atoms with Crippen LogP contribution in [0.3, 0.4) is 0 Å². The van der Waals surface area contributed by atoms with Crippen molar-refractivity contribution < 1.29 is 13.2 Å². The number of thiazole rings is 1. The lowest BCUT2D eigenvalue weighted by Crippen LogP contribution is -2.35. The maximum absolute atomic E-state index is 13.2. The van der Waals surface area contributed by atoms with Crippen LogP contribution >= 0.6 is 11.3 Å². The first-order chi connectivity index (χ1) is 17.3. The topological polar surface area (TPSA) is 71.7 Å². The number of terminal acetylenes is 1. The molecule has 182 valence electrons. The van der Waals surface area contributed by atoms with E-state index >= 15 is 0 Å². The fraction of sp³-hybridized carbons (Fsp3) is 0.214. The van der Waals surface area contributed by atoms with Crippen LogP contribution in [0.2, 0.25) is 0 Å². The smallest absolute Gasteiger partial charge is 0.279 e. The van der Waals surface area contributed by atoms with Gasteiger partial charge in [-0.2, -0.15) is 9.30 Å². The maximum atomic E-state index is 13.2. The van der Waals surface area contributed by atoms with Crippen LogP contribution in [0, 0.1) is 26.2 Å². The Labute approximate surface area is 214 Å². The van der Waals surface area contributed by atoms with Crippen LogP contribution < -0.4 is 4.80 Å². The Morgan fingerprint density at radius 3 is 2.53 bits per heavy atom. The second-order valence-corrected chi connectivity index (χ2v) is 11.8. The Morgan fingerprint density at radius 1 is 1.08 bits per heavy atom. The van der Waals surface area contributed by atoms with Crippen molar-refractivity contribution >= 4 is 37.5 Å². The van der Waals surface area contributed by atoms with Crippen molar-refractivity contribution in [3.63, 3.8) is 0 Å². The molecule has 0 N–H and O–H groups in total. The van der Waals surface area contributed by atoms with Crippen molar-refractivity contribution in [2.45, 2.75) is 38.3 Å². The van der Waals surface area contributed by atoms with E-state index in [1.807, 2.05) is 48.7 Å². The van der Waals surface area contributed by atoms with E-state index in [1.54, 1.807) is 0 Å². The second-order valence-electron chi connectivity index (χ2n) is 8.90. The van der Waals surface area contributed by atoms with E-state index in [9.17, 15) is 13.2 Å². The number of aromatic nitrogens is 1. The third kappa shape index (κ3) is 4.42. The first kappa shape index (κ1) is 24.2. The zero-order valence-corrected chi connectivity index (χ0v) is 21.7. The minimum absolute atomic E-state index is 0.161. The Kier molecular flexibility index (Phi) is 6.39. The van der Waals surface area contributed by atoms with Crippen LogP contribution in [0.25, 0.3) is 10.2 Å². The molecule has 0 radical (unpaired) electrons. The number of rotatable bonds is 4. The Hall–Kier alpha value is -3.51. The van der Waals surface area contributed by atoms with Crippen molar-refractivity contribution in [1.82, 2.24) is 8.87 Å². The van der Waals surface area contributed by atoms with Gasteiger partial charge < -0.3 is 4.57 Å². The van der Waals surface area contributed by atoms with Crippen LogP contribution in [-0.4, -0.2) is 29.7 Å². The molecule has 0 atom stereocenters. The summed E-state index contributed by atoms with van der Waals surface area (Å²) in [4.78, 5) is 18.0. The molecule has 0 spiro atoms. The molecule has 1 aliphatic heterocycles. The van der Waals surface area contributed by atoms with E-state index in [2.05, 4.69) is 17.0 Å². The number of amides is 1. The molecule has 0 aliphatic carbocycles. The zero-order chi connectivity index (χ0) is 25.4.